The van der Waals surface area contributed by atoms with Crippen LogP contribution in [0.2, 0.25) is 5.02 Å². The fourth-order valence-corrected chi connectivity index (χ4v) is 2.44. The van der Waals surface area contributed by atoms with Crippen LogP contribution in [0.4, 0.5) is 17.5 Å². The Hall–Kier alpha value is -1.89. The predicted molar refractivity (Wildman–Crippen MR) is 89.8 cm³/mol. The van der Waals surface area contributed by atoms with E-state index >= 15 is 0 Å². The molecule has 2 aromatic carbocycles. The first-order valence-corrected chi connectivity index (χ1v) is 7.30. The molecule has 0 spiro atoms. The number of aromatic nitrogens is 2. The summed E-state index contributed by atoms with van der Waals surface area (Å²) < 4.78 is 0.810. The fourth-order valence-electron chi connectivity index (χ4n) is 1.95. The molecule has 3 rings (SSSR count). The van der Waals surface area contributed by atoms with E-state index in [9.17, 15) is 0 Å². The zero-order chi connectivity index (χ0) is 14.8. The first-order valence-electron chi connectivity index (χ1n) is 6.13. The van der Waals surface area contributed by atoms with E-state index < -0.39 is 0 Å². The highest BCUT2D eigenvalue weighted by Crippen LogP contribution is 2.29. The summed E-state index contributed by atoms with van der Waals surface area (Å²) in [4.78, 5) is 8.67. The Kier molecular flexibility index (Phi) is 3.92. The summed E-state index contributed by atoms with van der Waals surface area (Å²) in [5, 5.41) is 4.81. The fraction of sp³-hybridized carbons (Fsp3) is 0. The molecule has 106 valence electrons. The van der Waals surface area contributed by atoms with Gasteiger partial charge in [0.25, 0.3) is 0 Å². The predicted octanol–water partition coefficient (Wildman–Crippen LogP) is 4.07. The second-order valence-corrected chi connectivity index (χ2v) is 5.57. The van der Waals surface area contributed by atoms with E-state index in [1.807, 2.05) is 36.4 Å². The van der Waals surface area contributed by atoms with Crippen LogP contribution in [0, 0.1) is 0 Å². The quantitative estimate of drug-likeness (QED) is 0.482. The SMILES string of the molecule is NNc1nc(Nc2ccc(Cl)c(Br)c2)c2ccccc2n1. The Balaban J connectivity index is 2.08. The molecule has 0 aliphatic heterocycles. The van der Waals surface area contributed by atoms with Crippen LogP contribution in [-0.4, -0.2) is 9.97 Å². The lowest BCUT2D eigenvalue weighted by molar-refractivity contribution is 1.15. The maximum Gasteiger partial charge on any atom is 0.239 e. The average molecular weight is 365 g/mol. The molecule has 0 fully saturated rings. The molecule has 5 nitrogen and oxygen atoms in total. The van der Waals surface area contributed by atoms with E-state index in [4.69, 9.17) is 17.4 Å². The molecule has 0 aliphatic carbocycles. The third-order valence-electron chi connectivity index (χ3n) is 2.91. The zero-order valence-corrected chi connectivity index (χ0v) is 13.1. The van der Waals surface area contributed by atoms with Crippen LogP contribution in [-0.2, 0) is 0 Å². The molecule has 0 saturated carbocycles. The number of hydrazine groups is 1. The molecule has 21 heavy (non-hydrogen) atoms. The standard InChI is InChI=1S/C14H11BrClN5/c15-10-7-8(5-6-11(10)16)18-13-9-3-1-2-4-12(9)19-14(20-13)21-17/h1-7H,17H2,(H2,18,19,20,21). The van der Waals surface area contributed by atoms with Crippen molar-refractivity contribution in [2.75, 3.05) is 10.7 Å². The van der Waals surface area contributed by atoms with Crippen molar-refractivity contribution in [2.24, 2.45) is 5.84 Å². The van der Waals surface area contributed by atoms with Gasteiger partial charge in [-0.1, -0.05) is 23.7 Å². The number of nitrogen functional groups attached to an aromatic ring is 1. The second-order valence-electron chi connectivity index (χ2n) is 4.31. The van der Waals surface area contributed by atoms with Crippen LogP contribution in [0.5, 0.6) is 0 Å². The van der Waals surface area contributed by atoms with Crippen LogP contribution >= 0.6 is 27.5 Å². The number of rotatable bonds is 3. The number of nitrogens with zero attached hydrogens (tertiary/aromatic N) is 2. The van der Waals surface area contributed by atoms with Gasteiger partial charge in [-0.15, -0.1) is 0 Å². The van der Waals surface area contributed by atoms with E-state index in [2.05, 4.69) is 36.6 Å². The Labute approximate surface area is 134 Å². The Morgan fingerprint density at radius 1 is 1.10 bits per heavy atom. The monoisotopic (exact) mass is 363 g/mol. The first-order chi connectivity index (χ1) is 10.2. The summed E-state index contributed by atoms with van der Waals surface area (Å²) in [5.74, 6) is 6.44. The lowest BCUT2D eigenvalue weighted by atomic mass is 10.2. The number of hydrogen-bond acceptors (Lipinski definition) is 5. The van der Waals surface area contributed by atoms with Gasteiger partial charge in [0, 0.05) is 15.5 Å². The van der Waals surface area contributed by atoms with Crippen molar-refractivity contribution >= 4 is 55.9 Å². The number of anilines is 3. The summed E-state index contributed by atoms with van der Waals surface area (Å²) in [7, 11) is 0. The maximum atomic E-state index is 6.00. The Morgan fingerprint density at radius 2 is 1.90 bits per heavy atom. The van der Waals surface area contributed by atoms with Crippen LogP contribution in [0.25, 0.3) is 10.9 Å². The molecule has 7 heteroatoms. The van der Waals surface area contributed by atoms with Gasteiger partial charge >= 0.3 is 0 Å². The van der Waals surface area contributed by atoms with E-state index in [1.165, 1.54) is 0 Å². The topological polar surface area (TPSA) is 75.9 Å². The summed E-state index contributed by atoms with van der Waals surface area (Å²) in [6.45, 7) is 0. The highest BCUT2D eigenvalue weighted by atomic mass is 79.9. The molecule has 0 bridgehead atoms. The molecule has 0 atom stereocenters. The van der Waals surface area contributed by atoms with E-state index in [-0.39, 0.29) is 0 Å². The Morgan fingerprint density at radius 3 is 2.67 bits per heavy atom. The second kappa shape index (κ2) is 5.85. The lowest BCUT2D eigenvalue weighted by Gasteiger charge is -2.11. The number of para-hydroxylation sites is 1. The van der Waals surface area contributed by atoms with Crippen LogP contribution in [0.15, 0.2) is 46.9 Å². The van der Waals surface area contributed by atoms with Crippen molar-refractivity contribution < 1.29 is 0 Å². The van der Waals surface area contributed by atoms with Crippen LogP contribution in [0.1, 0.15) is 0 Å². The molecule has 1 heterocycles. The third kappa shape index (κ3) is 2.92. The number of hydrogen-bond donors (Lipinski definition) is 3. The molecule has 4 N–H and O–H groups in total. The minimum Gasteiger partial charge on any atom is -0.340 e. The summed E-state index contributed by atoms with van der Waals surface area (Å²) in [6.07, 6.45) is 0. The van der Waals surface area contributed by atoms with Crippen LogP contribution < -0.4 is 16.6 Å². The molecule has 0 aliphatic rings. The van der Waals surface area contributed by atoms with E-state index in [1.54, 1.807) is 6.07 Å². The maximum absolute atomic E-state index is 6.00. The number of nitrogens with one attached hydrogen (secondary N) is 2. The van der Waals surface area contributed by atoms with Gasteiger partial charge < -0.3 is 5.32 Å². The van der Waals surface area contributed by atoms with Crippen molar-refractivity contribution in [3.8, 4) is 0 Å². The first kappa shape index (κ1) is 14.1. The minimum absolute atomic E-state index is 0.351. The summed E-state index contributed by atoms with van der Waals surface area (Å²) in [6, 6.07) is 13.3. The van der Waals surface area contributed by atoms with Crippen molar-refractivity contribution in [3.05, 3.63) is 52.0 Å². The van der Waals surface area contributed by atoms with Crippen molar-refractivity contribution in [3.63, 3.8) is 0 Å². The molecule has 3 aromatic rings. The molecule has 0 saturated heterocycles. The van der Waals surface area contributed by atoms with Gasteiger partial charge in [-0.3, -0.25) is 5.43 Å². The van der Waals surface area contributed by atoms with Crippen LogP contribution in [0.3, 0.4) is 0 Å². The summed E-state index contributed by atoms with van der Waals surface area (Å²) in [5.41, 5.74) is 4.13. The summed E-state index contributed by atoms with van der Waals surface area (Å²) >= 11 is 9.40. The van der Waals surface area contributed by atoms with Crippen molar-refractivity contribution in [2.45, 2.75) is 0 Å². The number of fused-ring (bicyclic) bond motifs is 1. The zero-order valence-electron chi connectivity index (χ0n) is 10.8. The van der Waals surface area contributed by atoms with Gasteiger partial charge in [-0.25, -0.2) is 10.8 Å². The van der Waals surface area contributed by atoms with Gasteiger partial charge in [0.2, 0.25) is 5.95 Å². The van der Waals surface area contributed by atoms with Gasteiger partial charge in [-0.2, -0.15) is 4.98 Å². The van der Waals surface area contributed by atoms with Gasteiger partial charge in [0.1, 0.15) is 5.82 Å². The molecular formula is C14H11BrClN5. The number of halogens is 2. The highest BCUT2D eigenvalue weighted by molar-refractivity contribution is 9.10. The molecule has 1 aromatic heterocycles. The van der Waals surface area contributed by atoms with E-state index in [0.717, 1.165) is 21.1 Å². The van der Waals surface area contributed by atoms with Gasteiger partial charge in [0.15, 0.2) is 0 Å². The smallest absolute Gasteiger partial charge is 0.239 e. The molecular weight excluding hydrogens is 354 g/mol. The van der Waals surface area contributed by atoms with Crippen molar-refractivity contribution in [1.29, 1.82) is 0 Å². The molecule has 0 amide bonds. The van der Waals surface area contributed by atoms with E-state index in [0.29, 0.717) is 16.8 Å². The highest BCUT2D eigenvalue weighted by Gasteiger charge is 2.08. The Bertz CT molecular complexity index is 808. The molecule has 0 radical (unpaired) electrons. The number of nitrogens with two attached hydrogens (primary N) is 1. The van der Waals surface area contributed by atoms with Crippen molar-refractivity contribution in [1.82, 2.24) is 9.97 Å². The van der Waals surface area contributed by atoms with Gasteiger partial charge in [0.05, 0.1) is 10.5 Å². The lowest BCUT2D eigenvalue weighted by Crippen LogP contribution is -2.11. The normalized spacial score (nSPS) is 10.6. The largest absolute Gasteiger partial charge is 0.340 e. The minimum atomic E-state index is 0.351. The number of benzene rings is 2. The van der Waals surface area contributed by atoms with Gasteiger partial charge in [-0.05, 0) is 46.3 Å². The average Bonchev–Trinajstić information content (AvgIpc) is 2.51. The molecule has 0 unspecified atom stereocenters. The third-order valence-corrected chi connectivity index (χ3v) is 4.13.